The van der Waals surface area contributed by atoms with E-state index in [9.17, 15) is 18.0 Å². The molecule has 0 bridgehead atoms. The number of carbonyl (C=O) groups is 1. The number of pyridine rings is 2. The number of hydrogen-bond acceptors (Lipinski definition) is 5. The number of piperazine rings is 1. The van der Waals surface area contributed by atoms with Gasteiger partial charge in [-0.15, -0.1) is 11.8 Å². The fourth-order valence-electron chi connectivity index (χ4n) is 2.89. The average Bonchev–Trinajstić information content (AvgIpc) is 2.67. The molecule has 0 radical (unpaired) electrons. The maximum Gasteiger partial charge on any atom is 0.417 e. The van der Waals surface area contributed by atoms with Crippen molar-refractivity contribution in [3.63, 3.8) is 0 Å². The van der Waals surface area contributed by atoms with Gasteiger partial charge in [0.1, 0.15) is 5.82 Å². The summed E-state index contributed by atoms with van der Waals surface area (Å²) in [5, 5.41) is 0.748. The van der Waals surface area contributed by atoms with Crippen molar-refractivity contribution in [2.75, 3.05) is 36.8 Å². The summed E-state index contributed by atoms with van der Waals surface area (Å²) in [6.07, 6.45) is -2.09. The van der Waals surface area contributed by atoms with Crippen LogP contribution in [0.5, 0.6) is 0 Å². The normalized spacial score (nSPS) is 15.0. The molecule has 150 valence electrons. The monoisotopic (exact) mass is 430 g/mol. The second-order valence-corrected chi connectivity index (χ2v) is 7.81. The lowest BCUT2D eigenvalue weighted by Gasteiger charge is -2.35. The number of anilines is 1. The first-order valence-corrected chi connectivity index (χ1v) is 10.0. The maximum absolute atomic E-state index is 12.8. The Bertz CT molecular complexity index is 857. The molecule has 3 heterocycles. The summed E-state index contributed by atoms with van der Waals surface area (Å²) < 4.78 is 38.3. The van der Waals surface area contributed by atoms with Gasteiger partial charge in [0.05, 0.1) is 15.6 Å². The van der Waals surface area contributed by atoms with Crippen molar-refractivity contribution in [2.24, 2.45) is 0 Å². The molecule has 0 aromatic carbocycles. The van der Waals surface area contributed by atoms with Crippen molar-refractivity contribution in [3.8, 4) is 0 Å². The van der Waals surface area contributed by atoms with Gasteiger partial charge in [0, 0.05) is 44.1 Å². The molecule has 2 aromatic heterocycles. The van der Waals surface area contributed by atoms with Gasteiger partial charge in [-0.1, -0.05) is 18.5 Å². The van der Waals surface area contributed by atoms with Gasteiger partial charge < -0.3 is 9.80 Å². The highest BCUT2D eigenvalue weighted by atomic mass is 35.5. The number of halogens is 4. The molecule has 1 aliphatic heterocycles. The van der Waals surface area contributed by atoms with Gasteiger partial charge in [-0.3, -0.25) is 4.79 Å². The van der Waals surface area contributed by atoms with E-state index in [1.165, 1.54) is 0 Å². The van der Waals surface area contributed by atoms with Crippen LogP contribution >= 0.6 is 23.4 Å². The van der Waals surface area contributed by atoms with Crippen molar-refractivity contribution in [2.45, 2.75) is 18.1 Å². The minimum atomic E-state index is -4.49. The van der Waals surface area contributed by atoms with Crippen molar-refractivity contribution in [1.82, 2.24) is 14.9 Å². The number of hydrogen-bond donors (Lipinski definition) is 0. The number of alkyl halides is 3. The lowest BCUT2D eigenvalue weighted by molar-refractivity contribution is -0.137. The first kappa shape index (κ1) is 20.7. The smallest absolute Gasteiger partial charge is 0.352 e. The topological polar surface area (TPSA) is 49.3 Å². The number of carbonyl (C=O) groups excluding carboxylic acids is 1. The van der Waals surface area contributed by atoms with Crippen LogP contribution in [0.3, 0.4) is 0 Å². The molecule has 3 rings (SSSR count). The van der Waals surface area contributed by atoms with Crippen LogP contribution in [0.15, 0.2) is 35.6 Å². The Morgan fingerprint density at radius 3 is 2.54 bits per heavy atom. The highest BCUT2D eigenvalue weighted by Crippen LogP contribution is 2.33. The van der Waals surface area contributed by atoms with Crippen LogP contribution in [0.4, 0.5) is 19.0 Å². The standard InChI is InChI=1S/C18H18ClF3N4OS/c1-2-28-15-9-12(3-4-23-15)17(27)26-7-5-25(6-8-26)16-14(19)10-13(11-24-16)18(20,21)22/h3-4,9-11H,2,5-8H2,1H3. The summed E-state index contributed by atoms with van der Waals surface area (Å²) in [5.41, 5.74) is -0.307. The Morgan fingerprint density at radius 1 is 1.21 bits per heavy atom. The quantitative estimate of drug-likeness (QED) is 0.679. The van der Waals surface area contributed by atoms with Gasteiger partial charge in [0.2, 0.25) is 0 Å². The third-order valence-corrected chi connectivity index (χ3v) is 5.38. The molecule has 0 atom stereocenters. The molecule has 10 heteroatoms. The zero-order valence-corrected chi connectivity index (χ0v) is 16.6. The van der Waals surface area contributed by atoms with Gasteiger partial charge in [0.25, 0.3) is 5.91 Å². The third kappa shape index (κ3) is 4.70. The van der Waals surface area contributed by atoms with Crippen LogP contribution in [0.25, 0.3) is 0 Å². The number of nitrogens with zero attached hydrogens (tertiary/aromatic N) is 4. The molecule has 1 amide bonds. The van der Waals surface area contributed by atoms with Crippen molar-refractivity contribution < 1.29 is 18.0 Å². The van der Waals surface area contributed by atoms with Gasteiger partial charge in [-0.2, -0.15) is 13.2 Å². The highest BCUT2D eigenvalue weighted by Gasteiger charge is 2.32. The van der Waals surface area contributed by atoms with Gasteiger partial charge in [-0.05, 0) is 24.0 Å². The molecule has 0 N–H and O–H groups in total. The molecule has 1 saturated heterocycles. The lowest BCUT2D eigenvalue weighted by atomic mass is 10.2. The molecular weight excluding hydrogens is 413 g/mol. The molecule has 1 aliphatic rings. The van der Waals surface area contributed by atoms with E-state index in [-0.39, 0.29) is 10.9 Å². The van der Waals surface area contributed by atoms with E-state index in [1.54, 1.807) is 39.9 Å². The number of rotatable bonds is 4. The first-order chi connectivity index (χ1) is 13.3. The Labute approximate surface area is 169 Å². The number of thioether (sulfide) groups is 1. The zero-order chi connectivity index (χ0) is 20.3. The summed E-state index contributed by atoms with van der Waals surface area (Å²) in [7, 11) is 0. The number of amides is 1. The third-order valence-electron chi connectivity index (χ3n) is 4.29. The van der Waals surface area contributed by atoms with Crippen LogP contribution in [0, 0.1) is 0 Å². The molecule has 5 nitrogen and oxygen atoms in total. The van der Waals surface area contributed by atoms with E-state index >= 15 is 0 Å². The van der Waals surface area contributed by atoms with Gasteiger partial charge in [0.15, 0.2) is 0 Å². The van der Waals surface area contributed by atoms with Gasteiger partial charge in [-0.25, -0.2) is 9.97 Å². The molecule has 28 heavy (non-hydrogen) atoms. The molecule has 0 aliphatic carbocycles. The van der Waals surface area contributed by atoms with Crippen LogP contribution in [0.2, 0.25) is 5.02 Å². The van der Waals surface area contributed by atoms with E-state index in [4.69, 9.17) is 11.6 Å². The van der Waals surface area contributed by atoms with E-state index in [2.05, 4.69) is 9.97 Å². The molecule has 1 fully saturated rings. The second kappa shape index (κ2) is 8.57. The van der Waals surface area contributed by atoms with E-state index in [0.717, 1.165) is 23.0 Å². The van der Waals surface area contributed by atoms with Crippen LogP contribution in [-0.2, 0) is 6.18 Å². The summed E-state index contributed by atoms with van der Waals surface area (Å²) in [6, 6.07) is 4.34. The minimum Gasteiger partial charge on any atom is -0.352 e. The Balaban J connectivity index is 1.66. The first-order valence-electron chi connectivity index (χ1n) is 8.65. The zero-order valence-electron chi connectivity index (χ0n) is 15.0. The van der Waals surface area contributed by atoms with Crippen LogP contribution in [-0.4, -0.2) is 52.7 Å². The Kier molecular flexibility index (Phi) is 6.34. The van der Waals surface area contributed by atoms with E-state index < -0.39 is 11.7 Å². The Hall–Kier alpha value is -2.00. The van der Waals surface area contributed by atoms with Crippen LogP contribution in [0.1, 0.15) is 22.8 Å². The molecule has 0 spiro atoms. The summed E-state index contributed by atoms with van der Waals surface area (Å²) in [5.74, 6) is 1.07. The second-order valence-electron chi connectivity index (χ2n) is 6.12. The Morgan fingerprint density at radius 2 is 1.93 bits per heavy atom. The number of aromatic nitrogens is 2. The SMILES string of the molecule is CCSc1cc(C(=O)N2CCN(c3ncc(C(F)(F)F)cc3Cl)CC2)ccn1. The summed E-state index contributed by atoms with van der Waals surface area (Å²) in [6.45, 7) is 3.74. The van der Waals surface area contributed by atoms with Crippen molar-refractivity contribution in [3.05, 3.63) is 46.7 Å². The summed E-state index contributed by atoms with van der Waals surface area (Å²) >= 11 is 7.58. The minimum absolute atomic E-state index is 0.0510. The average molecular weight is 431 g/mol. The van der Waals surface area contributed by atoms with E-state index in [0.29, 0.717) is 37.6 Å². The summed E-state index contributed by atoms with van der Waals surface area (Å²) in [4.78, 5) is 24.3. The molecule has 0 saturated carbocycles. The fourth-order valence-corrected chi connectivity index (χ4v) is 3.82. The molecule has 2 aromatic rings. The van der Waals surface area contributed by atoms with Crippen molar-refractivity contribution in [1.29, 1.82) is 0 Å². The maximum atomic E-state index is 12.8. The highest BCUT2D eigenvalue weighted by molar-refractivity contribution is 7.99. The lowest BCUT2D eigenvalue weighted by Crippen LogP contribution is -2.49. The molecular formula is C18H18ClF3N4OS. The van der Waals surface area contributed by atoms with E-state index in [1.807, 2.05) is 6.92 Å². The van der Waals surface area contributed by atoms with Gasteiger partial charge >= 0.3 is 6.18 Å². The van der Waals surface area contributed by atoms with Crippen LogP contribution < -0.4 is 4.90 Å². The predicted octanol–water partition coefficient (Wildman–Crippen LogP) is 4.22. The van der Waals surface area contributed by atoms with Crippen molar-refractivity contribution >= 4 is 35.1 Å². The molecule has 0 unspecified atom stereocenters. The predicted molar refractivity (Wildman–Crippen MR) is 103 cm³/mol. The largest absolute Gasteiger partial charge is 0.417 e. The fraction of sp³-hybridized carbons (Fsp3) is 0.389.